The highest BCUT2D eigenvalue weighted by Gasteiger charge is 2.27. The van der Waals surface area contributed by atoms with Gasteiger partial charge >= 0.3 is 0 Å². The van der Waals surface area contributed by atoms with E-state index in [-0.39, 0.29) is 5.91 Å². The number of amides is 1. The van der Waals surface area contributed by atoms with E-state index in [1.54, 1.807) is 23.7 Å². The summed E-state index contributed by atoms with van der Waals surface area (Å²) in [5, 5.41) is 10.4. The topological polar surface area (TPSA) is 76.8 Å². The molecule has 4 heterocycles. The van der Waals surface area contributed by atoms with Crippen LogP contribution in [0.25, 0.3) is 21.6 Å². The Balaban J connectivity index is 1.23. The number of piperidine rings is 1. The molecule has 3 aromatic heterocycles. The van der Waals surface area contributed by atoms with E-state index in [1.807, 2.05) is 40.8 Å². The average molecular weight is 451 g/mol. The number of nitrogens with zero attached hydrogens (tertiary/aromatic N) is 6. The van der Waals surface area contributed by atoms with Crippen molar-refractivity contribution in [3.05, 3.63) is 53.8 Å². The Morgan fingerprint density at radius 3 is 2.97 bits per heavy atom. The second-order valence-corrected chi connectivity index (χ2v) is 9.60. The molecular formula is C22H22N6OS2. The standard InChI is InChI=1S/C22H22N6OS2/c1-27-20(15-6-4-10-23-12-15)25-26-22(27)30-14-19(29)28-11-5-7-16(13-28)21-24-17-8-2-3-9-18(17)31-21/h2-4,6,8-10,12,16H,5,7,11,13-14H2,1H3/t16-/m0/s1. The lowest BCUT2D eigenvalue weighted by atomic mass is 9.99. The fraction of sp³-hybridized carbons (Fsp3) is 0.318. The number of aromatic nitrogens is 5. The molecule has 1 aliphatic heterocycles. The lowest BCUT2D eigenvalue weighted by molar-refractivity contribution is -0.129. The summed E-state index contributed by atoms with van der Waals surface area (Å²) < 4.78 is 3.12. The normalized spacial score (nSPS) is 16.7. The molecule has 1 aromatic carbocycles. The first-order valence-electron chi connectivity index (χ1n) is 10.2. The Hall–Kier alpha value is -2.78. The van der Waals surface area contributed by atoms with Crippen molar-refractivity contribution in [3.63, 3.8) is 0 Å². The molecule has 1 saturated heterocycles. The van der Waals surface area contributed by atoms with E-state index in [0.29, 0.717) is 11.7 Å². The second-order valence-electron chi connectivity index (χ2n) is 7.59. The van der Waals surface area contributed by atoms with Gasteiger partial charge in [0.2, 0.25) is 5.91 Å². The molecule has 5 rings (SSSR count). The third kappa shape index (κ3) is 4.20. The summed E-state index contributed by atoms with van der Waals surface area (Å²) in [7, 11) is 1.92. The summed E-state index contributed by atoms with van der Waals surface area (Å²) in [4.78, 5) is 23.9. The zero-order valence-corrected chi connectivity index (χ0v) is 18.8. The molecule has 0 aliphatic carbocycles. The second kappa shape index (κ2) is 8.76. The first-order chi connectivity index (χ1) is 15.2. The number of thiazole rings is 1. The van der Waals surface area contributed by atoms with Crippen molar-refractivity contribution in [2.75, 3.05) is 18.8 Å². The Morgan fingerprint density at radius 1 is 1.23 bits per heavy atom. The molecule has 9 heteroatoms. The van der Waals surface area contributed by atoms with Crippen LogP contribution in [0.15, 0.2) is 53.9 Å². The Morgan fingerprint density at radius 2 is 2.13 bits per heavy atom. The van der Waals surface area contributed by atoms with Crippen LogP contribution in [0.2, 0.25) is 0 Å². The first kappa shape index (κ1) is 20.1. The van der Waals surface area contributed by atoms with Gasteiger partial charge in [-0.2, -0.15) is 0 Å². The van der Waals surface area contributed by atoms with Gasteiger partial charge in [-0.25, -0.2) is 4.98 Å². The molecular weight excluding hydrogens is 428 g/mol. The number of benzene rings is 1. The number of likely N-dealkylation sites (tertiary alicyclic amines) is 1. The van der Waals surface area contributed by atoms with Gasteiger partial charge in [0.1, 0.15) is 0 Å². The van der Waals surface area contributed by atoms with E-state index in [4.69, 9.17) is 4.98 Å². The van der Waals surface area contributed by atoms with E-state index in [2.05, 4.69) is 27.3 Å². The maximum absolute atomic E-state index is 12.9. The first-order valence-corrected chi connectivity index (χ1v) is 12.0. The summed E-state index contributed by atoms with van der Waals surface area (Å²) in [6.45, 7) is 1.54. The molecule has 4 aromatic rings. The molecule has 31 heavy (non-hydrogen) atoms. The van der Waals surface area contributed by atoms with E-state index in [9.17, 15) is 4.79 Å². The van der Waals surface area contributed by atoms with E-state index in [0.717, 1.165) is 53.0 Å². The summed E-state index contributed by atoms with van der Waals surface area (Å²) in [5.41, 5.74) is 1.96. The number of carbonyl (C=O) groups excluding carboxylic acids is 1. The largest absolute Gasteiger partial charge is 0.341 e. The van der Waals surface area contributed by atoms with E-state index < -0.39 is 0 Å². The van der Waals surface area contributed by atoms with Crippen LogP contribution in [0.4, 0.5) is 0 Å². The van der Waals surface area contributed by atoms with Gasteiger partial charge in [0.15, 0.2) is 11.0 Å². The summed E-state index contributed by atoms with van der Waals surface area (Å²) in [6.07, 6.45) is 5.58. The van der Waals surface area contributed by atoms with Gasteiger partial charge in [-0.15, -0.1) is 21.5 Å². The Labute approximate surface area is 188 Å². The third-order valence-electron chi connectivity index (χ3n) is 5.51. The van der Waals surface area contributed by atoms with Crippen molar-refractivity contribution in [3.8, 4) is 11.4 Å². The van der Waals surface area contributed by atoms with Crippen molar-refractivity contribution >= 4 is 39.2 Å². The number of hydrogen-bond acceptors (Lipinski definition) is 7. The van der Waals surface area contributed by atoms with Crippen molar-refractivity contribution < 1.29 is 4.79 Å². The van der Waals surface area contributed by atoms with Crippen molar-refractivity contribution in [2.45, 2.75) is 23.9 Å². The molecule has 7 nitrogen and oxygen atoms in total. The molecule has 0 saturated carbocycles. The number of fused-ring (bicyclic) bond motifs is 1. The molecule has 0 bridgehead atoms. The van der Waals surface area contributed by atoms with Crippen molar-refractivity contribution in [1.82, 2.24) is 29.6 Å². The monoisotopic (exact) mass is 450 g/mol. The quantitative estimate of drug-likeness (QED) is 0.428. The molecule has 1 fully saturated rings. The van der Waals surface area contributed by atoms with Gasteiger partial charge in [0.25, 0.3) is 0 Å². The maximum atomic E-state index is 12.9. The van der Waals surface area contributed by atoms with Gasteiger partial charge in [-0.05, 0) is 37.1 Å². The molecule has 158 valence electrons. The molecule has 0 N–H and O–H groups in total. The predicted octanol–water partition coefficient (Wildman–Crippen LogP) is 3.99. The molecule has 0 radical (unpaired) electrons. The Kier molecular flexibility index (Phi) is 5.69. The molecule has 0 unspecified atom stereocenters. The van der Waals surface area contributed by atoms with E-state index in [1.165, 1.54) is 16.5 Å². The average Bonchev–Trinajstić information content (AvgIpc) is 3.41. The number of rotatable bonds is 5. The highest BCUT2D eigenvalue weighted by Crippen LogP contribution is 2.33. The van der Waals surface area contributed by atoms with Gasteiger partial charge < -0.3 is 9.47 Å². The third-order valence-corrected chi connectivity index (χ3v) is 7.72. The Bertz CT molecular complexity index is 1170. The fourth-order valence-electron chi connectivity index (χ4n) is 3.87. The van der Waals surface area contributed by atoms with Crippen LogP contribution in [0.3, 0.4) is 0 Å². The minimum atomic E-state index is 0.140. The van der Waals surface area contributed by atoms with Gasteiger partial charge in [-0.1, -0.05) is 23.9 Å². The van der Waals surface area contributed by atoms with Gasteiger partial charge in [-0.3, -0.25) is 9.78 Å². The van der Waals surface area contributed by atoms with Crippen LogP contribution in [-0.4, -0.2) is 54.4 Å². The van der Waals surface area contributed by atoms with Crippen molar-refractivity contribution in [2.24, 2.45) is 7.05 Å². The number of thioether (sulfide) groups is 1. The lowest BCUT2D eigenvalue weighted by Crippen LogP contribution is -2.40. The maximum Gasteiger partial charge on any atom is 0.233 e. The van der Waals surface area contributed by atoms with Crippen LogP contribution in [0, 0.1) is 0 Å². The van der Waals surface area contributed by atoms with Crippen LogP contribution >= 0.6 is 23.1 Å². The van der Waals surface area contributed by atoms with Crippen molar-refractivity contribution in [1.29, 1.82) is 0 Å². The SMILES string of the molecule is Cn1c(SCC(=O)N2CCC[C@H](c3nc4ccccc4s3)C2)nnc1-c1cccnc1. The molecule has 1 atom stereocenters. The molecule has 1 amide bonds. The van der Waals surface area contributed by atoms with Crippen LogP contribution in [-0.2, 0) is 11.8 Å². The zero-order chi connectivity index (χ0) is 21.2. The van der Waals surface area contributed by atoms with Gasteiger partial charge in [0.05, 0.1) is 21.0 Å². The minimum Gasteiger partial charge on any atom is -0.341 e. The molecule has 0 spiro atoms. The minimum absolute atomic E-state index is 0.140. The lowest BCUT2D eigenvalue weighted by Gasteiger charge is -2.31. The van der Waals surface area contributed by atoms with E-state index >= 15 is 0 Å². The fourth-order valence-corrected chi connectivity index (χ4v) is 5.78. The van der Waals surface area contributed by atoms with Crippen LogP contribution < -0.4 is 0 Å². The highest BCUT2D eigenvalue weighted by atomic mass is 32.2. The smallest absolute Gasteiger partial charge is 0.233 e. The zero-order valence-electron chi connectivity index (χ0n) is 17.1. The summed E-state index contributed by atoms with van der Waals surface area (Å²) in [6, 6.07) is 12.1. The summed E-state index contributed by atoms with van der Waals surface area (Å²) in [5.74, 6) is 1.55. The highest BCUT2D eigenvalue weighted by molar-refractivity contribution is 7.99. The summed E-state index contributed by atoms with van der Waals surface area (Å²) >= 11 is 3.18. The van der Waals surface area contributed by atoms with Crippen LogP contribution in [0.5, 0.6) is 0 Å². The predicted molar refractivity (Wildman–Crippen MR) is 123 cm³/mol. The number of pyridine rings is 1. The number of hydrogen-bond donors (Lipinski definition) is 0. The number of carbonyl (C=O) groups is 1. The number of para-hydroxylation sites is 1. The van der Waals surface area contributed by atoms with Crippen LogP contribution in [0.1, 0.15) is 23.8 Å². The molecule has 1 aliphatic rings. The van der Waals surface area contributed by atoms with Gasteiger partial charge in [0, 0.05) is 44.0 Å².